The third-order valence-corrected chi connectivity index (χ3v) is 0.431. The van der Waals surface area contributed by atoms with Gasteiger partial charge in [-0.05, 0) is 4.33 Å². The van der Waals surface area contributed by atoms with Gasteiger partial charge in [-0.25, -0.2) is 9.68 Å². The molecule has 0 aromatic carbocycles. The Labute approximate surface area is 49.7 Å². The maximum absolute atomic E-state index is 9.48. The van der Waals surface area contributed by atoms with Crippen molar-refractivity contribution in [2.24, 2.45) is 0 Å². The van der Waals surface area contributed by atoms with Crippen LogP contribution in [0.2, 0.25) is 0 Å². The number of hydrogen-bond acceptors (Lipinski definition) is 5. The van der Waals surface area contributed by atoms with Crippen LogP contribution in [-0.2, 0) is 19.6 Å². The van der Waals surface area contributed by atoms with E-state index in [0.717, 1.165) is 0 Å². The van der Waals surface area contributed by atoms with Crippen LogP contribution in [0.3, 0.4) is 0 Å². The molecule has 0 fully saturated rings. The number of rotatable bonds is 2. The van der Waals surface area contributed by atoms with Crippen LogP contribution in [0.25, 0.3) is 0 Å². The third kappa shape index (κ3) is 7.14. The molecule has 0 unspecified atom stereocenters. The molecule has 0 aliphatic carbocycles. The van der Waals surface area contributed by atoms with Crippen molar-refractivity contribution in [2.45, 2.75) is 0 Å². The van der Waals surface area contributed by atoms with E-state index in [0.29, 0.717) is 0 Å². The van der Waals surface area contributed by atoms with Gasteiger partial charge in [0.2, 0.25) is 0 Å². The Morgan fingerprint density at radius 3 is 2.00 bits per heavy atom. The first-order valence-electron chi connectivity index (χ1n) is 1.48. The van der Waals surface area contributed by atoms with Crippen LogP contribution in [0, 0.1) is 0 Å². The molecule has 0 aromatic heterocycles. The molecule has 8 heteroatoms. The first-order valence-corrected chi connectivity index (χ1v) is 2.85. The van der Waals surface area contributed by atoms with Crippen molar-refractivity contribution in [1.82, 2.24) is 0 Å². The summed E-state index contributed by atoms with van der Waals surface area (Å²) >= 11 is 0. The number of carbonyl (C=O) groups is 1. The lowest BCUT2D eigenvalue weighted by Gasteiger charge is -1.91. The third-order valence-electron chi connectivity index (χ3n) is 0.191. The zero-order chi connectivity index (χ0) is 7.49. The SMILES string of the molecule is O=C(O)OOS(=O)(=O)O. The highest BCUT2D eigenvalue weighted by molar-refractivity contribution is 7.80. The minimum atomic E-state index is -4.82. The van der Waals surface area contributed by atoms with Crippen LogP contribution in [-0.4, -0.2) is 24.2 Å². The highest BCUT2D eigenvalue weighted by Gasteiger charge is 2.08. The summed E-state index contributed by atoms with van der Waals surface area (Å²) in [6.45, 7) is 0. The van der Waals surface area contributed by atoms with E-state index in [1.165, 1.54) is 0 Å². The standard InChI is InChI=1S/CH2O7S/c2-1(3)7-8-9(4,5)6/h(H,2,3)(H,4,5,6). The fourth-order valence-electron chi connectivity index (χ4n) is 0.0721. The molecule has 7 nitrogen and oxygen atoms in total. The maximum atomic E-state index is 9.48. The van der Waals surface area contributed by atoms with E-state index in [1.807, 2.05) is 0 Å². The van der Waals surface area contributed by atoms with Crippen molar-refractivity contribution in [1.29, 1.82) is 0 Å². The van der Waals surface area contributed by atoms with Crippen molar-refractivity contribution in [3.05, 3.63) is 0 Å². The van der Waals surface area contributed by atoms with E-state index in [1.54, 1.807) is 0 Å². The Morgan fingerprint density at radius 1 is 1.44 bits per heavy atom. The summed E-state index contributed by atoms with van der Waals surface area (Å²) < 4.78 is 29.5. The Balaban J connectivity index is 3.67. The lowest BCUT2D eigenvalue weighted by atomic mass is 11.5. The average molecular weight is 158 g/mol. The predicted octanol–water partition coefficient (Wildman–Crippen LogP) is -0.585. The molecule has 0 saturated heterocycles. The van der Waals surface area contributed by atoms with Crippen molar-refractivity contribution < 1.29 is 32.1 Å². The van der Waals surface area contributed by atoms with Gasteiger partial charge in [0.25, 0.3) is 0 Å². The maximum Gasteiger partial charge on any atom is 0.539 e. The van der Waals surface area contributed by atoms with Crippen molar-refractivity contribution in [3.8, 4) is 0 Å². The first kappa shape index (κ1) is 8.14. The summed E-state index contributed by atoms with van der Waals surface area (Å²) in [5.74, 6) is 0. The summed E-state index contributed by atoms with van der Waals surface area (Å²) in [4.78, 5) is 12.3. The summed E-state index contributed by atoms with van der Waals surface area (Å²) in [7, 11) is -4.82. The molecule has 0 atom stereocenters. The van der Waals surface area contributed by atoms with E-state index in [9.17, 15) is 13.2 Å². The van der Waals surface area contributed by atoms with Gasteiger partial charge in [-0.1, -0.05) is 0 Å². The molecule has 54 valence electrons. The van der Waals surface area contributed by atoms with Crippen LogP contribution in [0.15, 0.2) is 0 Å². The summed E-state index contributed by atoms with van der Waals surface area (Å²) in [6, 6.07) is 0. The minimum Gasteiger partial charge on any atom is -0.448 e. The van der Waals surface area contributed by atoms with Crippen LogP contribution in [0.1, 0.15) is 0 Å². The number of hydrogen-bond donors (Lipinski definition) is 2. The molecule has 0 radical (unpaired) electrons. The second-order valence-corrected chi connectivity index (χ2v) is 1.84. The lowest BCUT2D eigenvalue weighted by molar-refractivity contribution is -0.162. The van der Waals surface area contributed by atoms with Gasteiger partial charge in [-0.2, -0.15) is 8.42 Å². The van der Waals surface area contributed by atoms with E-state index in [4.69, 9.17) is 9.66 Å². The summed E-state index contributed by atoms with van der Waals surface area (Å²) in [5, 5.41) is 7.55. The van der Waals surface area contributed by atoms with Gasteiger partial charge < -0.3 is 5.11 Å². The average Bonchev–Trinajstić information content (AvgIpc) is 1.59. The molecule has 0 aromatic rings. The van der Waals surface area contributed by atoms with Crippen molar-refractivity contribution in [2.75, 3.05) is 0 Å². The van der Waals surface area contributed by atoms with Crippen LogP contribution < -0.4 is 0 Å². The van der Waals surface area contributed by atoms with E-state index in [-0.39, 0.29) is 0 Å². The molecular weight excluding hydrogens is 156 g/mol. The minimum absolute atomic E-state index is 1.97. The van der Waals surface area contributed by atoms with Gasteiger partial charge >= 0.3 is 16.6 Å². The van der Waals surface area contributed by atoms with Gasteiger partial charge in [0.1, 0.15) is 0 Å². The van der Waals surface area contributed by atoms with Crippen LogP contribution in [0.4, 0.5) is 4.79 Å². The lowest BCUT2D eigenvalue weighted by Crippen LogP contribution is -2.08. The molecule has 0 amide bonds. The molecule has 2 N–H and O–H groups in total. The van der Waals surface area contributed by atoms with Gasteiger partial charge in [0.15, 0.2) is 0 Å². The molecule has 0 bridgehead atoms. The molecule has 0 saturated carbocycles. The quantitative estimate of drug-likeness (QED) is 0.314. The highest BCUT2D eigenvalue weighted by atomic mass is 32.3. The van der Waals surface area contributed by atoms with Gasteiger partial charge in [0.05, 0.1) is 0 Å². The monoisotopic (exact) mass is 158 g/mol. The highest BCUT2D eigenvalue weighted by Crippen LogP contribution is 1.86. The van der Waals surface area contributed by atoms with E-state index >= 15 is 0 Å². The van der Waals surface area contributed by atoms with E-state index < -0.39 is 16.6 Å². The molecule has 0 rings (SSSR count). The normalized spacial score (nSPS) is 10.8. The number of carboxylic acid groups (broad SMARTS) is 1. The predicted molar refractivity (Wildman–Crippen MR) is 21.7 cm³/mol. The smallest absolute Gasteiger partial charge is 0.448 e. The molecule has 9 heavy (non-hydrogen) atoms. The molecule has 0 aliphatic rings. The Hall–Kier alpha value is -0.860. The van der Waals surface area contributed by atoms with Gasteiger partial charge in [0, 0.05) is 0 Å². The second-order valence-electron chi connectivity index (χ2n) is 0.845. The fourth-order valence-corrected chi connectivity index (χ4v) is 0.216. The zero-order valence-electron chi connectivity index (χ0n) is 3.84. The Bertz CT molecular complexity index is 187. The topological polar surface area (TPSA) is 110 Å². The second kappa shape index (κ2) is 2.62. The molecule has 0 heterocycles. The zero-order valence-corrected chi connectivity index (χ0v) is 4.66. The van der Waals surface area contributed by atoms with Crippen LogP contribution >= 0.6 is 0 Å². The first-order chi connectivity index (χ1) is 3.92. The van der Waals surface area contributed by atoms with Crippen molar-refractivity contribution in [3.63, 3.8) is 0 Å². The summed E-state index contributed by atoms with van der Waals surface area (Å²) in [5.41, 5.74) is 0. The molecular formula is CH2O7S. The molecule has 0 aliphatic heterocycles. The van der Waals surface area contributed by atoms with Gasteiger partial charge in [-0.15, -0.1) is 0 Å². The van der Waals surface area contributed by atoms with Gasteiger partial charge in [-0.3, -0.25) is 4.55 Å². The van der Waals surface area contributed by atoms with Crippen molar-refractivity contribution >= 4 is 16.6 Å². The summed E-state index contributed by atoms with van der Waals surface area (Å²) in [6.07, 6.45) is -1.97. The van der Waals surface area contributed by atoms with E-state index in [2.05, 4.69) is 9.22 Å². The Morgan fingerprint density at radius 2 is 1.89 bits per heavy atom. The largest absolute Gasteiger partial charge is 0.539 e. The molecule has 0 spiro atoms. The Kier molecular flexibility index (Phi) is 2.37. The fraction of sp³-hybridized carbons (Fsp3) is 0. The van der Waals surface area contributed by atoms with Crippen LogP contribution in [0.5, 0.6) is 0 Å².